The Morgan fingerprint density at radius 3 is 2.73 bits per heavy atom. The van der Waals surface area contributed by atoms with E-state index in [0.29, 0.717) is 18.0 Å². The molecule has 2 aromatic rings. The van der Waals surface area contributed by atoms with Gasteiger partial charge in [0.1, 0.15) is 5.75 Å². The molecule has 0 saturated heterocycles. The molecule has 0 atom stereocenters. The van der Waals surface area contributed by atoms with Crippen molar-refractivity contribution in [2.24, 2.45) is 0 Å². The Kier molecular flexibility index (Phi) is 3.89. The van der Waals surface area contributed by atoms with Gasteiger partial charge in [-0.2, -0.15) is 4.39 Å². The molecule has 0 N–H and O–H groups in total. The van der Waals surface area contributed by atoms with Crippen LogP contribution in [0.4, 0.5) is 15.8 Å². The van der Waals surface area contributed by atoms with Gasteiger partial charge in [0.25, 0.3) is 0 Å². The van der Waals surface area contributed by atoms with Crippen LogP contribution in [-0.2, 0) is 12.3 Å². The van der Waals surface area contributed by atoms with Crippen LogP contribution < -0.4 is 9.04 Å². The van der Waals surface area contributed by atoms with Gasteiger partial charge < -0.3 is 9.04 Å². The van der Waals surface area contributed by atoms with Crippen LogP contribution in [0.1, 0.15) is 11.1 Å². The molecule has 22 heavy (non-hydrogen) atoms. The molecule has 0 amide bonds. The zero-order chi connectivity index (χ0) is 15.7. The molecule has 0 unspecified atom stereocenters. The van der Waals surface area contributed by atoms with Gasteiger partial charge in [0, 0.05) is 11.8 Å². The van der Waals surface area contributed by atoms with Crippen LogP contribution in [0.15, 0.2) is 36.4 Å². The van der Waals surface area contributed by atoms with E-state index in [1.807, 2.05) is 28.6 Å². The standard InChI is InChI=1S/C15H13FN2O3S/c1-21-12-4-2-10(3-5-12)8-17-14-7-15(18(19)20)13(16)6-11(14)9-22-17/h2-7H,8-9H2,1H3. The van der Waals surface area contributed by atoms with E-state index in [9.17, 15) is 14.5 Å². The number of hydrogen-bond acceptors (Lipinski definition) is 5. The van der Waals surface area contributed by atoms with Crippen LogP contribution in [0.25, 0.3) is 0 Å². The fourth-order valence-corrected chi connectivity index (χ4v) is 3.40. The number of methoxy groups -OCH3 is 1. The minimum atomic E-state index is -0.782. The molecule has 0 radical (unpaired) electrons. The highest BCUT2D eigenvalue weighted by atomic mass is 32.2. The van der Waals surface area contributed by atoms with Gasteiger partial charge in [-0.15, -0.1) is 0 Å². The summed E-state index contributed by atoms with van der Waals surface area (Å²) in [6.45, 7) is 0.588. The first-order valence-electron chi connectivity index (χ1n) is 6.58. The summed E-state index contributed by atoms with van der Waals surface area (Å²) in [5.74, 6) is 0.604. The molecule has 0 fully saturated rings. The SMILES string of the molecule is COc1ccc(CN2SCc3cc(F)c([N+](=O)[O-])cc32)cc1. The summed E-state index contributed by atoms with van der Waals surface area (Å²) in [7, 11) is 1.61. The number of nitro groups is 1. The molecule has 7 heteroatoms. The molecule has 3 rings (SSSR count). The Morgan fingerprint density at radius 2 is 2.09 bits per heavy atom. The minimum absolute atomic E-state index is 0.485. The van der Waals surface area contributed by atoms with E-state index < -0.39 is 16.4 Å². The van der Waals surface area contributed by atoms with E-state index in [1.165, 1.54) is 24.1 Å². The molecule has 0 saturated carbocycles. The third-order valence-corrected chi connectivity index (χ3v) is 4.55. The second-order valence-corrected chi connectivity index (χ2v) is 5.84. The van der Waals surface area contributed by atoms with E-state index in [2.05, 4.69) is 0 Å². The summed E-state index contributed by atoms with van der Waals surface area (Å²) in [5.41, 5.74) is 2.05. The molecule has 0 bridgehead atoms. The normalized spacial score (nSPS) is 13.1. The molecule has 1 aliphatic heterocycles. The quantitative estimate of drug-likeness (QED) is 0.486. The van der Waals surface area contributed by atoms with Crippen molar-refractivity contribution in [1.82, 2.24) is 0 Å². The largest absolute Gasteiger partial charge is 0.497 e. The lowest BCUT2D eigenvalue weighted by Gasteiger charge is -2.17. The zero-order valence-electron chi connectivity index (χ0n) is 11.8. The van der Waals surface area contributed by atoms with Crippen LogP contribution in [0.5, 0.6) is 5.75 Å². The first-order chi connectivity index (χ1) is 10.6. The number of nitrogens with zero attached hydrogens (tertiary/aromatic N) is 2. The van der Waals surface area contributed by atoms with Crippen molar-refractivity contribution in [2.75, 3.05) is 11.4 Å². The molecule has 5 nitrogen and oxygen atoms in total. The Balaban J connectivity index is 1.86. The smallest absolute Gasteiger partial charge is 0.306 e. The maximum Gasteiger partial charge on any atom is 0.306 e. The van der Waals surface area contributed by atoms with Crippen LogP contribution in [0.3, 0.4) is 0 Å². The fourth-order valence-electron chi connectivity index (χ4n) is 2.32. The van der Waals surface area contributed by atoms with Crippen LogP contribution >= 0.6 is 11.9 Å². The highest BCUT2D eigenvalue weighted by Crippen LogP contribution is 2.41. The second-order valence-electron chi connectivity index (χ2n) is 4.85. The molecular formula is C15H13FN2O3S. The summed E-state index contributed by atoms with van der Waals surface area (Å²) in [4.78, 5) is 10.2. The number of nitro benzene ring substituents is 1. The number of anilines is 1. The molecule has 2 aromatic carbocycles. The number of ether oxygens (including phenoxy) is 1. The fraction of sp³-hybridized carbons (Fsp3) is 0.200. The number of fused-ring (bicyclic) bond motifs is 1. The van der Waals surface area contributed by atoms with E-state index in [-0.39, 0.29) is 0 Å². The molecule has 0 aromatic heterocycles. The Hall–Kier alpha value is -2.28. The lowest BCUT2D eigenvalue weighted by Crippen LogP contribution is -2.10. The van der Waals surface area contributed by atoms with Crippen molar-refractivity contribution < 1.29 is 14.1 Å². The highest BCUT2D eigenvalue weighted by Gasteiger charge is 2.26. The molecular weight excluding hydrogens is 307 g/mol. The number of benzene rings is 2. The van der Waals surface area contributed by atoms with Crippen LogP contribution in [0, 0.1) is 15.9 Å². The van der Waals surface area contributed by atoms with Crippen LogP contribution in [-0.4, -0.2) is 12.0 Å². The van der Waals surface area contributed by atoms with Gasteiger partial charge in [0.15, 0.2) is 0 Å². The minimum Gasteiger partial charge on any atom is -0.497 e. The lowest BCUT2D eigenvalue weighted by molar-refractivity contribution is -0.387. The first kappa shape index (κ1) is 14.6. The number of hydrogen-bond donors (Lipinski definition) is 0. The summed E-state index contributed by atoms with van der Waals surface area (Å²) in [6, 6.07) is 10.2. The summed E-state index contributed by atoms with van der Waals surface area (Å²) in [5, 5.41) is 10.9. The molecule has 0 aliphatic carbocycles. The average molecular weight is 320 g/mol. The van der Waals surface area contributed by atoms with Crippen molar-refractivity contribution in [3.63, 3.8) is 0 Å². The van der Waals surface area contributed by atoms with Gasteiger partial charge in [0.2, 0.25) is 5.82 Å². The zero-order valence-corrected chi connectivity index (χ0v) is 12.6. The van der Waals surface area contributed by atoms with Gasteiger partial charge >= 0.3 is 5.69 Å². The predicted octanol–water partition coefficient (Wildman–Crippen LogP) is 3.91. The maximum atomic E-state index is 13.6. The lowest BCUT2D eigenvalue weighted by atomic mass is 10.1. The van der Waals surface area contributed by atoms with Crippen molar-refractivity contribution in [2.45, 2.75) is 12.3 Å². The molecule has 114 valence electrons. The van der Waals surface area contributed by atoms with E-state index in [4.69, 9.17) is 4.74 Å². The third-order valence-electron chi connectivity index (χ3n) is 3.47. The Bertz CT molecular complexity index is 721. The number of rotatable bonds is 4. The van der Waals surface area contributed by atoms with Crippen LogP contribution in [0.2, 0.25) is 0 Å². The van der Waals surface area contributed by atoms with E-state index in [1.54, 1.807) is 7.11 Å². The predicted molar refractivity (Wildman–Crippen MR) is 83.5 cm³/mol. The molecule has 0 spiro atoms. The van der Waals surface area contributed by atoms with Crippen molar-refractivity contribution in [3.05, 3.63) is 63.5 Å². The van der Waals surface area contributed by atoms with Crippen molar-refractivity contribution in [1.29, 1.82) is 0 Å². The van der Waals surface area contributed by atoms with Gasteiger partial charge in [-0.05, 0) is 41.3 Å². The number of halogens is 1. The summed E-state index contributed by atoms with van der Waals surface area (Å²) in [6.07, 6.45) is 0. The average Bonchev–Trinajstić information content (AvgIpc) is 2.89. The van der Waals surface area contributed by atoms with Gasteiger partial charge in [-0.25, -0.2) is 0 Å². The summed E-state index contributed by atoms with van der Waals surface area (Å²) >= 11 is 1.52. The highest BCUT2D eigenvalue weighted by molar-refractivity contribution is 8.00. The topological polar surface area (TPSA) is 55.6 Å². The molecule has 1 heterocycles. The summed E-state index contributed by atoms with van der Waals surface area (Å²) < 4.78 is 20.7. The Morgan fingerprint density at radius 1 is 1.36 bits per heavy atom. The third kappa shape index (κ3) is 2.71. The molecule has 1 aliphatic rings. The van der Waals surface area contributed by atoms with Crippen molar-refractivity contribution >= 4 is 23.3 Å². The van der Waals surface area contributed by atoms with Crippen molar-refractivity contribution in [3.8, 4) is 5.75 Å². The first-order valence-corrected chi connectivity index (χ1v) is 7.53. The monoisotopic (exact) mass is 320 g/mol. The second kappa shape index (κ2) is 5.84. The van der Waals surface area contributed by atoms with E-state index >= 15 is 0 Å². The Labute approximate surface area is 131 Å². The van der Waals surface area contributed by atoms with E-state index in [0.717, 1.165) is 16.9 Å². The maximum absolute atomic E-state index is 13.6. The van der Waals surface area contributed by atoms with Gasteiger partial charge in [0.05, 0.1) is 24.3 Å². The van der Waals surface area contributed by atoms with Gasteiger partial charge in [-0.3, -0.25) is 10.1 Å². The van der Waals surface area contributed by atoms with Gasteiger partial charge in [-0.1, -0.05) is 12.1 Å².